The van der Waals surface area contributed by atoms with E-state index in [1.54, 1.807) is 24.3 Å². The van der Waals surface area contributed by atoms with Gasteiger partial charge in [0.25, 0.3) is 0 Å². The van der Waals surface area contributed by atoms with Crippen LogP contribution in [0.1, 0.15) is 6.92 Å². The predicted molar refractivity (Wildman–Crippen MR) is 86.0 cm³/mol. The van der Waals surface area contributed by atoms with Gasteiger partial charge in [-0.1, -0.05) is 17.7 Å². The molecule has 1 heterocycles. The van der Waals surface area contributed by atoms with Crippen molar-refractivity contribution in [3.63, 3.8) is 0 Å². The van der Waals surface area contributed by atoms with Crippen molar-refractivity contribution >= 4 is 44.7 Å². The van der Waals surface area contributed by atoms with Gasteiger partial charge in [0, 0.05) is 12.5 Å². The first-order chi connectivity index (χ1) is 10.0. The molecule has 0 radical (unpaired) electrons. The van der Waals surface area contributed by atoms with Crippen LogP contribution in [0.4, 0.5) is 5.69 Å². The van der Waals surface area contributed by atoms with Gasteiger partial charge in [-0.3, -0.25) is 4.79 Å². The molecule has 3 rings (SSSR count). The molecule has 1 aromatic heterocycles. The number of nitrogens with zero attached hydrogens (tertiary/aromatic N) is 1. The number of phenolic OH excluding ortho intramolecular Hbond substituents is 1. The number of carbonyl (C=O) groups is 1. The Morgan fingerprint density at radius 2 is 2.14 bits per heavy atom. The summed E-state index contributed by atoms with van der Waals surface area (Å²) < 4.78 is 0.909. The fourth-order valence-corrected chi connectivity index (χ4v) is 3.21. The van der Waals surface area contributed by atoms with Crippen LogP contribution in [-0.2, 0) is 4.79 Å². The first-order valence-corrected chi connectivity index (χ1v) is 7.40. The first kappa shape index (κ1) is 13.9. The second-order valence-corrected chi connectivity index (χ2v) is 5.96. The zero-order valence-electron chi connectivity index (χ0n) is 11.1. The molecule has 2 N–H and O–H groups in total. The monoisotopic (exact) mass is 318 g/mol. The number of aromatic nitrogens is 1. The van der Waals surface area contributed by atoms with Gasteiger partial charge < -0.3 is 10.4 Å². The Morgan fingerprint density at radius 1 is 1.33 bits per heavy atom. The second kappa shape index (κ2) is 5.35. The number of nitrogens with one attached hydrogen (secondary N) is 1. The summed E-state index contributed by atoms with van der Waals surface area (Å²) in [7, 11) is 0. The minimum atomic E-state index is -0.172. The Balaban J connectivity index is 2.04. The van der Waals surface area contributed by atoms with Gasteiger partial charge in [-0.25, -0.2) is 4.98 Å². The molecule has 0 atom stereocenters. The van der Waals surface area contributed by atoms with Crippen molar-refractivity contribution in [3.8, 4) is 16.3 Å². The summed E-state index contributed by atoms with van der Waals surface area (Å²) in [6.45, 7) is 1.43. The Morgan fingerprint density at radius 3 is 2.81 bits per heavy atom. The normalized spacial score (nSPS) is 10.8. The van der Waals surface area contributed by atoms with Gasteiger partial charge in [0.1, 0.15) is 16.3 Å². The molecule has 106 valence electrons. The van der Waals surface area contributed by atoms with Crippen LogP contribution in [-0.4, -0.2) is 16.0 Å². The number of rotatable bonds is 2. The van der Waals surface area contributed by atoms with Gasteiger partial charge >= 0.3 is 0 Å². The van der Waals surface area contributed by atoms with E-state index in [1.165, 1.54) is 18.3 Å². The van der Waals surface area contributed by atoms with Crippen LogP contribution < -0.4 is 5.32 Å². The lowest BCUT2D eigenvalue weighted by Crippen LogP contribution is -2.05. The summed E-state index contributed by atoms with van der Waals surface area (Å²) in [5.74, 6) is -0.00878. The van der Waals surface area contributed by atoms with E-state index in [9.17, 15) is 9.90 Å². The quantitative estimate of drug-likeness (QED) is 0.741. The molecule has 6 heteroatoms. The topological polar surface area (TPSA) is 62.2 Å². The lowest BCUT2D eigenvalue weighted by Gasteiger charge is -2.05. The third-order valence-electron chi connectivity index (χ3n) is 2.92. The fraction of sp³-hybridized carbons (Fsp3) is 0.0667. The molecule has 0 unspecified atom stereocenters. The number of anilines is 1. The molecular formula is C15H11ClN2O2S. The van der Waals surface area contributed by atoms with Gasteiger partial charge in [-0.15, -0.1) is 11.3 Å². The maximum atomic E-state index is 11.1. The number of aromatic hydroxyl groups is 1. The number of amides is 1. The minimum absolute atomic E-state index is 0.163. The Kier molecular flexibility index (Phi) is 3.53. The average molecular weight is 319 g/mol. The zero-order chi connectivity index (χ0) is 15.0. The lowest BCUT2D eigenvalue weighted by atomic mass is 10.2. The molecule has 0 saturated carbocycles. The highest BCUT2D eigenvalue weighted by Crippen LogP contribution is 2.36. The Bertz CT molecular complexity index is 845. The molecule has 1 amide bonds. The van der Waals surface area contributed by atoms with E-state index in [2.05, 4.69) is 10.3 Å². The van der Waals surface area contributed by atoms with Gasteiger partial charge in [-0.2, -0.15) is 0 Å². The third-order valence-corrected chi connectivity index (χ3v) is 4.31. The summed E-state index contributed by atoms with van der Waals surface area (Å²) >= 11 is 7.64. The minimum Gasteiger partial charge on any atom is -0.506 e. The number of hydrogen-bond donors (Lipinski definition) is 2. The highest BCUT2D eigenvalue weighted by atomic mass is 35.5. The molecule has 3 aromatic rings. The number of fused-ring (bicyclic) bond motifs is 1. The van der Waals surface area contributed by atoms with E-state index in [-0.39, 0.29) is 11.7 Å². The van der Waals surface area contributed by atoms with Crippen molar-refractivity contribution in [2.45, 2.75) is 6.92 Å². The molecule has 0 aliphatic rings. The van der Waals surface area contributed by atoms with Crippen LogP contribution in [0.25, 0.3) is 20.8 Å². The van der Waals surface area contributed by atoms with Crippen LogP contribution in [0, 0.1) is 0 Å². The van der Waals surface area contributed by atoms with E-state index in [0.29, 0.717) is 16.2 Å². The van der Waals surface area contributed by atoms with Gasteiger partial charge in [0.05, 0.1) is 15.4 Å². The van der Waals surface area contributed by atoms with Gasteiger partial charge in [0.2, 0.25) is 5.91 Å². The smallest absolute Gasteiger partial charge is 0.221 e. The van der Waals surface area contributed by atoms with E-state index >= 15 is 0 Å². The molecular weight excluding hydrogens is 308 g/mol. The Labute approximate surface area is 130 Å². The number of para-hydroxylation sites is 1. The molecule has 2 aromatic carbocycles. The van der Waals surface area contributed by atoms with Crippen LogP contribution >= 0.6 is 22.9 Å². The number of thiazole rings is 1. The van der Waals surface area contributed by atoms with Crippen LogP contribution in [0.5, 0.6) is 5.75 Å². The highest BCUT2D eigenvalue weighted by molar-refractivity contribution is 7.21. The van der Waals surface area contributed by atoms with E-state index in [1.807, 2.05) is 12.1 Å². The van der Waals surface area contributed by atoms with Gasteiger partial charge in [0.15, 0.2) is 0 Å². The molecule has 0 fully saturated rings. The molecule has 4 nitrogen and oxygen atoms in total. The molecule has 0 saturated heterocycles. The van der Waals surface area contributed by atoms with Crippen molar-refractivity contribution < 1.29 is 9.90 Å². The summed E-state index contributed by atoms with van der Waals surface area (Å²) in [4.78, 5) is 15.5. The van der Waals surface area contributed by atoms with Crippen molar-refractivity contribution in [3.05, 3.63) is 41.4 Å². The SMILES string of the molecule is CC(=O)Nc1ccc(-c2nc3c(O)cccc3s2)cc1Cl. The highest BCUT2D eigenvalue weighted by Gasteiger charge is 2.11. The molecule has 0 aliphatic heterocycles. The van der Waals surface area contributed by atoms with Crippen molar-refractivity contribution in [1.82, 2.24) is 4.98 Å². The third kappa shape index (κ3) is 2.70. The van der Waals surface area contributed by atoms with Gasteiger partial charge in [-0.05, 0) is 30.3 Å². The fourth-order valence-electron chi connectivity index (χ4n) is 2.00. The van der Waals surface area contributed by atoms with Crippen molar-refractivity contribution in [2.24, 2.45) is 0 Å². The Hall–Kier alpha value is -2.11. The second-order valence-electron chi connectivity index (χ2n) is 4.52. The van der Waals surface area contributed by atoms with E-state index in [4.69, 9.17) is 11.6 Å². The average Bonchev–Trinajstić information content (AvgIpc) is 2.86. The zero-order valence-corrected chi connectivity index (χ0v) is 12.6. The number of halogens is 1. The van der Waals surface area contributed by atoms with E-state index in [0.717, 1.165) is 15.3 Å². The van der Waals surface area contributed by atoms with Crippen LogP contribution in [0.15, 0.2) is 36.4 Å². The number of phenols is 1. The largest absolute Gasteiger partial charge is 0.506 e. The summed E-state index contributed by atoms with van der Waals surface area (Å²) in [6, 6.07) is 10.6. The van der Waals surface area contributed by atoms with Crippen molar-refractivity contribution in [2.75, 3.05) is 5.32 Å². The molecule has 0 bridgehead atoms. The van der Waals surface area contributed by atoms with Crippen LogP contribution in [0.2, 0.25) is 5.02 Å². The maximum Gasteiger partial charge on any atom is 0.221 e. The first-order valence-electron chi connectivity index (χ1n) is 6.20. The summed E-state index contributed by atoms with van der Waals surface area (Å²) in [5, 5.41) is 13.7. The molecule has 0 spiro atoms. The summed E-state index contributed by atoms with van der Waals surface area (Å²) in [5.41, 5.74) is 1.99. The number of hydrogen-bond acceptors (Lipinski definition) is 4. The maximum absolute atomic E-state index is 11.1. The standard InChI is InChI=1S/C15H11ClN2O2S/c1-8(19)17-11-6-5-9(7-10(11)16)15-18-14-12(20)3-2-4-13(14)21-15/h2-7,20H,1H3,(H,17,19). The molecule has 0 aliphatic carbocycles. The molecule has 21 heavy (non-hydrogen) atoms. The van der Waals surface area contributed by atoms with Crippen molar-refractivity contribution in [1.29, 1.82) is 0 Å². The predicted octanol–water partition coefficient (Wildman–Crippen LogP) is 4.28. The van der Waals surface area contributed by atoms with Crippen LogP contribution in [0.3, 0.4) is 0 Å². The summed E-state index contributed by atoms with van der Waals surface area (Å²) in [6.07, 6.45) is 0. The number of carbonyl (C=O) groups excluding carboxylic acids is 1. The lowest BCUT2D eigenvalue weighted by molar-refractivity contribution is -0.114. The van der Waals surface area contributed by atoms with E-state index < -0.39 is 0 Å². The number of benzene rings is 2.